The van der Waals surface area contributed by atoms with Crippen molar-refractivity contribution in [2.75, 3.05) is 10.6 Å². The zero-order valence-corrected chi connectivity index (χ0v) is 14.4. The van der Waals surface area contributed by atoms with E-state index in [-0.39, 0.29) is 5.69 Å². The summed E-state index contributed by atoms with van der Waals surface area (Å²) in [4.78, 5) is 26.3. The van der Waals surface area contributed by atoms with Crippen molar-refractivity contribution in [1.82, 2.24) is 4.98 Å². The summed E-state index contributed by atoms with van der Waals surface area (Å²) in [7, 11) is 0. The summed E-state index contributed by atoms with van der Waals surface area (Å²) in [6, 6.07) is 15.9. The van der Waals surface area contributed by atoms with Crippen LogP contribution in [0.25, 0.3) is 0 Å². The number of urea groups is 1. The molecule has 8 nitrogen and oxygen atoms in total. The molecule has 3 rings (SSSR count). The van der Waals surface area contributed by atoms with Gasteiger partial charge in [0, 0.05) is 23.9 Å². The van der Waals surface area contributed by atoms with E-state index in [2.05, 4.69) is 15.6 Å². The maximum atomic E-state index is 12.0. The number of nitrogens with zero attached hydrogens (tertiary/aromatic N) is 2. The van der Waals surface area contributed by atoms with Crippen LogP contribution in [-0.4, -0.2) is 15.9 Å². The fourth-order valence-corrected chi connectivity index (χ4v) is 2.27. The topological polar surface area (TPSA) is 106 Å². The van der Waals surface area contributed by atoms with Gasteiger partial charge < -0.3 is 15.4 Å². The van der Waals surface area contributed by atoms with Crippen LogP contribution in [-0.2, 0) is 0 Å². The fourth-order valence-electron chi connectivity index (χ4n) is 2.27. The van der Waals surface area contributed by atoms with Crippen LogP contribution in [0.4, 0.5) is 21.9 Å². The standard InChI is InChI=1S/C19H16N4O4/c1-13-3-2-4-17(11-13)27-18-10-7-15(12-20-18)22-19(24)21-14-5-8-16(9-6-14)23(25)26/h2-12H,1H3,(H2,21,22,24). The average Bonchev–Trinajstić information content (AvgIpc) is 2.64. The number of nitro benzene ring substituents is 1. The average molecular weight is 364 g/mol. The van der Waals surface area contributed by atoms with Gasteiger partial charge in [0.05, 0.1) is 16.8 Å². The minimum absolute atomic E-state index is 0.0469. The van der Waals surface area contributed by atoms with E-state index in [0.29, 0.717) is 23.0 Å². The van der Waals surface area contributed by atoms with Crippen molar-refractivity contribution in [2.45, 2.75) is 6.92 Å². The monoisotopic (exact) mass is 364 g/mol. The van der Waals surface area contributed by atoms with Gasteiger partial charge in [-0.3, -0.25) is 10.1 Å². The number of aromatic nitrogens is 1. The van der Waals surface area contributed by atoms with E-state index in [1.807, 2.05) is 31.2 Å². The molecule has 27 heavy (non-hydrogen) atoms. The molecule has 0 unspecified atom stereocenters. The molecular formula is C19H16N4O4. The number of nitrogens with one attached hydrogen (secondary N) is 2. The second-order valence-electron chi connectivity index (χ2n) is 5.69. The number of pyridine rings is 1. The molecular weight excluding hydrogens is 348 g/mol. The number of carbonyl (C=O) groups is 1. The summed E-state index contributed by atoms with van der Waals surface area (Å²) < 4.78 is 5.65. The highest BCUT2D eigenvalue weighted by Crippen LogP contribution is 2.21. The molecule has 1 heterocycles. The van der Waals surface area contributed by atoms with Crippen LogP contribution in [0.1, 0.15) is 5.56 Å². The van der Waals surface area contributed by atoms with Crippen LogP contribution in [0, 0.1) is 17.0 Å². The fraction of sp³-hybridized carbons (Fsp3) is 0.0526. The van der Waals surface area contributed by atoms with Crippen LogP contribution in [0.15, 0.2) is 66.9 Å². The van der Waals surface area contributed by atoms with E-state index in [1.54, 1.807) is 12.1 Å². The van der Waals surface area contributed by atoms with Crippen molar-refractivity contribution in [2.24, 2.45) is 0 Å². The van der Waals surface area contributed by atoms with Gasteiger partial charge in [-0.05, 0) is 42.8 Å². The molecule has 0 spiro atoms. The zero-order chi connectivity index (χ0) is 19.2. The Hall–Kier alpha value is -3.94. The molecule has 136 valence electrons. The van der Waals surface area contributed by atoms with E-state index >= 15 is 0 Å². The molecule has 2 amide bonds. The quantitative estimate of drug-likeness (QED) is 0.502. The Bertz CT molecular complexity index is 956. The second kappa shape index (κ2) is 7.96. The summed E-state index contributed by atoms with van der Waals surface area (Å²) in [6.07, 6.45) is 1.47. The molecule has 0 aliphatic rings. The summed E-state index contributed by atoms with van der Waals surface area (Å²) in [5.41, 5.74) is 1.94. The molecule has 8 heteroatoms. The number of anilines is 2. The van der Waals surface area contributed by atoms with Crippen molar-refractivity contribution >= 4 is 23.1 Å². The number of rotatable bonds is 5. The minimum Gasteiger partial charge on any atom is -0.439 e. The van der Waals surface area contributed by atoms with Gasteiger partial charge in [-0.15, -0.1) is 0 Å². The first-order valence-electron chi connectivity index (χ1n) is 8.03. The molecule has 2 N–H and O–H groups in total. The van der Waals surface area contributed by atoms with E-state index in [4.69, 9.17) is 4.74 Å². The lowest BCUT2D eigenvalue weighted by molar-refractivity contribution is -0.384. The van der Waals surface area contributed by atoms with Gasteiger partial charge in [0.1, 0.15) is 5.75 Å². The van der Waals surface area contributed by atoms with Crippen molar-refractivity contribution in [3.63, 3.8) is 0 Å². The molecule has 0 radical (unpaired) electrons. The van der Waals surface area contributed by atoms with E-state index < -0.39 is 11.0 Å². The van der Waals surface area contributed by atoms with Gasteiger partial charge in [0.25, 0.3) is 5.69 Å². The van der Waals surface area contributed by atoms with Crippen LogP contribution in [0.3, 0.4) is 0 Å². The number of nitro groups is 1. The Morgan fingerprint density at radius 3 is 2.37 bits per heavy atom. The lowest BCUT2D eigenvalue weighted by Crippen LogP contribution is -2.19. The van der Waals surface area contributed by atoms with Crippen LogP contribution < -0.4 is 15.4 Å². The number of hydrogen-bond donors (Lipinski definition) is 2. The summed E-state index contributed by atoms with van der Waals surface area (Å²) in [5, 5.41) is 15.8. The minimum atomic E-state index is -0.504. The molecule has 0 aliphatic carbocycles. The second-order valence-corrected chi connectivity index (χ2v) is 5.69. The first-order chi connectivity index (χ1) is 13.0. The Morgan fingerprint density at radius 2 is 1.74 bits per heavy atom. The van der Waals surface area contributed by atoms with Gasteiger partial charge >= 0.3 is 6.03 Å². The Kier molecular flexibility index (Phi) is 5.27. The number of non-ortho nitro benzene ring substituents is 1. The normalized spacial score (nSPS) is 10.1. The van der Waals surface area contributed by atoms with Gasteiger partial charge in [-0.1, -0.05) is 12.1 Å². The third-order valence-corrected chi connectivity index (χ3v) is 3.54. The highest BCUT2D eigenvalue weighted by Gasteiger charge is 2.07. The first kappa shape index (κ1) is 17.9. The van der Waals surface area contributed by atoms with Crippen molar-refractivity contribution in [1.29, 1.82) is 0 Å². The van der Waals surface area contributed by atoms with Gasteiger partial charge in [0.15, 0.2) is 0 Å². The molecule has 0 saturated carbocycles. The highest BCUT2D eigenvalue weighted by molar-refractivity contribution is 5.99. The van der Waals surface area contributed by atoms with E-state index in [1.165, 1.54) is 30.5 Å². The van der Waals surface area contributed by atoms with Gasteiger partial charge in [0.2, 0.25) is 5.88 Å². The number of hydrogen-bond acceptors (Lipinski definition) is 5. The predicted molar refractivity (Wildman–Crippen MR) is 101 cm³/mol. The van der Waals surface area contributed by atoms with E-state index in [0.717, 1.165) is 5.56 Å². The number of amides is 2. The highest BCUT2D eigenvalue weighted by atomic mass is 16.6. The molecule has 0 aliphatic heterocycles. The number of ether oxygens (including phenoxy) is 1. The van der Waals surface area contributed by atoms with Crippen molar-refractivity contribution in [3.8, 4) is 11.6 Å². The smallest absolute Gasteiger partial charge is 0.323 e. The number of carbonyl (C=O) groups excluding carboxylic acids is 1. The van der Waals surface area contributed by atoms with Gasteiger partial charge in [-0.25, -0.2) is 9.78 Å². The zero-order valence-electron chi connectivity index (χ0n) is 14.4. The Balaban J connectivity index is 1.57. The molecule has 1 aromatic heterocycles. The summed E-state index contributed by atoms with van der Waals surface area (Å²) >= 11 is 0. The Labute approximate surface area is 155 Å². The first-order valence-corrected chi connectivity index (χ1v) is 8.03. The van der Waals surface area contributed by atoms with Crippen molar-refractivity contribution < 1.29 is 14.5 Å². The number of aryl methyl sites for hydroxylation is 1. The lowest BCUT2D eigenvalue weighted by Gasteiger charge is -2.09. The maximum absolute atomic E-state index is 12.0. The predicted octanol–water partition coefficient (Wildman–Crippen LogP) is 4.73. The third-order valence-electron chi connectivity index (χ3n) is 3.54. The van der Waals surface area contributed by atoms with Crippen LogP contribution in [0.2, 0.25) is 0 Å². The lowest BCUT2D eigenvalue weighted by atomic mass is 10.2. The van der Waals surface area contributed by atoms with Crippen LogP contribution >= 0.6 is 0 Å². The maximum Gasteiger partial charge on any atom is 0.323 e. The third kappa shape index (κ3) is 5.02. The molecule has 0 fully saturated rings. The van der Waals surface area contributed by atoms with Crippen molar-refractivity contribution in [3.05, 3.63) is 82.5 Å². The molecule has 0 atom stereocenters. The largest absolute Gasteiger partial charge is 0.439 e. The van der Waals surface area contributed by atoms with Crippen LogP contribution in [0.5, 0.6) is 11.6 Å². The molecule has 3 aromatic rings. The SMILES string of the molecule is Cc1cccc(Oc2ccc(NC(=O)Nc3ccc([N+](=O)[O-])cc3)cn2)c1. The molecule has 0 saturated heterocycles. The summed E-state index contributed by atoms with van der Waals surface area (Å²) in [5.74, 6) is 1.08. The Morgan fingerprint density at radius 1 is 1.04 bits per heavy atom. The van der Waals surface area contributed by atoms with Gasteiger partial charge in [-0.2, -0.15) is 0 Å². The molecule has 2 aromatic carbocycles. The molecule has 0 bridgehead atoms. The van der Waals surface area contributed by atoms with E-state index in [9.17, 15) is 14.9 Å². The number of benzene rings is 2. The summed E-state index contributed by atoms with van der Waals surface area (Å²) in [6.45, 7) is 1.97.